The van der Waals surface area contributed by atoms with Crippen molar-refractivity contribution in [3.63, 3.8) is 0 Å². The highest BCUT2D eigenvalue weighted by Crippen LogP contribution is 2.39. The maximum Gasteiger partial charge on any atom is 0.0331 e. The molecular weight excluding hydrogens is 222 g/mol. The van der Waals surface area contributed by atoms with Gasteiger partial charge in [-0.15, -0.1) is 0 Å². The van der Waals surface area contributed by atoms with Crippen LogP contribution in [-0.2, 0) is 0 Å². The van der Waals surface area contributed by atoms with Gasteiger partial charge in [0.25, 0.3) is 0 Å². The Morgan fingerprint density at radius 3 is 2.61 bits per heavy atom. The Kier molecular flexibility index (Phi) is 4.68. The van der Waals surface area contributed by atoms with E-state index in [2.05, 4.69) is 30.8 Å². The number of rotatable bonds is 5. The highest BCUT2D eigenvalue weighted by atomic mass is 15.2. The van der Waals surface area contributed by atoms with Crippen LogP contribution in [0.2, 0.25) is 0 Å². The molecule has 3 unspecified atom stereocenters. The number of likely N-dealkylation sites (tertiary alicyclic amines) is 1. The summed E-state index contributed by atoms with van der Waals surface area (Å²) in [7, 11) is 4.55. The number of hydrogen-bond donors (Lipinski definition) is 1. The van der Waals surface area contributed by atoms with Crippen molar-refractivity contribution < 1.29 is 0 Å². The lowest BCUT2D eigenvalue weighted by atomic mass is 9.92. The second-order valence-corrected chi connectivity index (χ2v) is 6.74. The van der Waals surface area contributed by atoms with Crippen molar-refractivity contribution in [1.82, 2.24) is 9.80 Å². The maximum absolute atomic E-state index is 6.14. The molecule has 3 heteroatoms. The molecule has 2 fully saturated rings. The third kappa shape index (κ3) is 2.89. The summed E-state index contributed by atoms with van der Waals surface area (Å²) >= 11 is 0. The maximum atomic E-state index is 6.14. The van der Waals surface area contributed by atoms with E-state index in [-0.39, 0.29) is 0 Å². The zero-order valence-corrected chi connectivity index (χ0v) is 12.5. The van der Waals surface area contributed by atoms with E-state index in [1.807, 2.05) is 0 Å². The predicted molar refractivity (Wildman–Crippen MR) is 77.7 cm³/mol. The summed E-state index contributed by atoms with van der Waals surface area (Å²) in [5.74, 6) is 1.76. The van der Waals surface area contributed by atoms with E-state index >= 15 is 0 Å². The molecule has 1 aliphatic heterocycles. The average Bonchev–Trinajstić information content (AvgIpc) is 2.96. The lowest BCUT2D eigenvalue weighted by molar-refractivity contribution is 0.107. The van der Waals surface area contributed by atoms with Gasteiger partial charge in [-0.05, 0) is 58.2 Å². The van der Waals surface area contributed by atoms with Crippen LogP contribution in [0, 0.1) is 11.8 Å². The van der Waals surface area contributed by atoms with Crippen LogP contribution in [-0.4, -0.2) is 55.6 Å². The second-order valence-electron chi connectivity index (χ2n) is 6.74. The summed E-state index contributed by atoms with van der Waals surface area (Å²) in [6, 6.07) is 0. The molecule has 18 heavy (non-hydrogen) atoms. The topological polar surface area (TPSA) is 32.5 Å². The number of nitrogens with zero attached hydrogens (tertiary/aromatic N) is 2. The fourth-order valence-electron chi connectivity index (χ4n) is 4.01. The first kappa shape index (κ1) is 14.3. The summed E-state index contributed by atoms with van der Waals surface area (Å²) < 4.78 is 0. The summed E-state index contributed by atoms with van der Waals surface area (Å²) in [6.45, 7) is 6.93. The normalized spacial score (nSPS) is 37.8. The Morgan fingerprint density at radius 2 is 2.11 bits per heavy atom. The van der Waals surface area contributed by atoms with Gasteiger partial charge in [-0.1, -0.05) is 13.3 Å². The minimum atomic E-state index is 0.307. The van der Waals surface area contributed by atoms with Crippen LogP contribution in [0.4, 0.5) is 0 Å². The number of nitrogens with two attached hydrogens (primary N) is 1. The Labute approximate surface area is 113 Å². The van der Waals surface area contributed by atoms with Crippen LogP contribution in [0.1, 0.15) is 39.0 Å². The Morgan fingerprint density at radius 1 is 1.33 bits per heavy atom. The summed E-state index contributed by atoms with van der Waals surface area (Å²) in [6.07, 6.45) is 6.68. The molecule has 0 spiro atoms. The van der Waals surface area contributed by atoms with Gasteiger partial charge in [0.15, 0.2) is 0 Å². The molecule has 2 N–H and O–H groups in total. The Bertz CT molecular complexity index is 268. The number of likely N-dealkylation sites (N-methyl/N-ethyl adjacent to an activating group) is 1. The standard InChI is InChI=1S/C15H31N3/c1-4-13-5-7-15(9-13,12-16)18(3)11-14-6-8-17(2)10-14/h13-14H,4-12,16H2,1-3H3. The highest BCUT2D eigenvalue weighted by molar-refractivity contribution is 4.98. The van der Waals surface area contributed by atoms with Crippen molar-refractivity contribution in [2.75, 3.05) is 40.3 Å². The van der Waals surface area contributed by atoms with Gasteiger partial charge in [-0.2, -0.15) is 0 Å². The second kappa shape index (κ2) is 5.89. The molecule has 3 atom stereocenters. The largest absolute Gasteiger partial charge is 0.329 e. The molecule has 3 nitrogen and oxygen atoms in total. The molecule has 0 aromatic rings. The van der Waals surface area contributed by atoms with E-state index in [0.29, 0.717) is 5.54 Å². The molecule has 0 bridgehead atoms. The van der Waals surface area contributed by atoms with E-state index < -0.39 is 0 Å². The van der Waals surface area contributed by atoms with Gasteiger partial charge in [0.1, 0.15) is 0 Å². The highest BCUT2D eigenvalue weighted by Gasteiger charge is 2.41. The van der Waals surface area contributed by atoms with Gasteiger partial charge in [-0.3, -0.25) is 4.90 Å². The van der Waals surface area contributed by atoms with E-state index in [1.54, 1.807) is 0 Å². The van der Waals surface area contributed by atoms with Gasteiger partial charge >= 0.3 is 0 Å². The monoisotopic (exact) mass is 253 g/mol. The fraction of sp³-hybridized carbons (Fsp3) is 1.00. The van der Waals surface area contributed by atoms with Crippen molar-refractivity contribution in [3.05, 3.63) is 0 Å². The molecular formula is C15H31N3. The third-order valence-corrected chi connectivity index (χ3v) is 5.47. The molecule has 2 rings (SSSR count). The van der Waals surface area contributed by atoms with Gasteiger partial charge < -0.3 is 10.6 Å². The van der Waals surface area contributed by atoms with Gasteiger partial charge in [-0.25, -0.2) is 0 Å². The SMILES string of the molecule is CCC1CCC(CN)(N(C)CC2CCN(C)C2)C1. The van der Waals surface area contributed by atoms with E-state index in [0.717, 1.165) is 18.4 Å². The van der Waals surface area contributed by atoms with Crippen molar-refractivity contribution >= 4 is 0 Å². The zero-order chi connectivity index (χ0) is 13.2. The predicted octanol–water partition coefficient (Wildman–Crippen LogP) is 1.78. The van der Waals surface area contributed by atoms with Gasteiger partial charge in [0, 0.05) is 25.2 Å². The van der Waals surface area contributed by atoms with Gasteiger partial charge in [0.2, 0.25) is 0 Å². The molecule has 1 aliphatic carbocycles. The minimum Gasteiger partial charge on any atom is -0.329 e. The minimum absolute atomic E-state index is 0.307. The lowest BCUT2D eigenvalue weighted by Gasteiger charge is -2.39. The smallest absolute Gasteiger partial charge is 0.0331 e. The van der Waals surface area contributed by atoms with E-state index in [9.17, 15) is 0 Å². The molecule has 1 saturated heterocycles. The third-order valence-electron chi connectivity index (χ3n) is 5.47. The van der Waals surface area contributed by atoms with Crippen LogP contribution in [0.5, 0.6) is 0 Å². The molecule has 1 saturated carbocycles. The molecule has 2 aliphatic rings. The zero-order valence-electron chi connectivity index (χ0n) is 12.5. The van der Waals surface area contributed by atoms with E-state index in [4.69, 9.17) is 5.73 Å². The lowest BCUT2D eigenvalue weighted by Crippen LogP contribution is -2.52. The quantitative estimate of drug-likeness (QED) is 0.810. The Hall–Kier alpha value is -0.120. The summed E-state index contributed by atoms with van der Waals surface area (Å²) in [5, 5.41) is 0. The molecule has 0 aromatic heterocycles. The fourth-order valence-corrected chi connectivity index (χ4v) is 4.01. The molecule has 0 aromatic carbocycles. The van der Waals surface area contributed by atoms with E-state index in [1.165, 1.54) is 51.7 Å². The summed E-state index contributed by atoms with van der Waals surface area (Å²) in [5.41, 5.74) is 6.44. The van der Waals surface area contributed by atoms with Crippen molar-refractivity contribution in [1.29, 1.82) is 0 Å². The molecule has 0 radical (unpaired) electrons. The van der Waals surface area contributed by atoms with Crippen LogP contribution in [0.15, 0.2) is 0 Å². The van der Waals surface area contributed by atoms with Crippen molar-refractivity contribution in [2.45, 2.75) is 44.6 Å². The molecule has 1 heterocycles. The van der Waals surface area contributed by atoms with Crippen LogP contribution in [0.3, 0.4) is 0 Å². The van der Waals surface area contributed by atoms with Crippen LogP contribution < -0.4 is 5.73 Å². The molecule has 0 amide bonds. The average molecular weight is 253 g/mol. The Balaban J connectivity index is 1.91. The molecule has 106 valence electrons. The van der Waals surface area contributed by atoms with Crippen molar-refractivity contribution in [3.8, 4) is 0 Å². The van der Waals surface area contributed by atoms with Crippen LogP contribution in [0.25, 0.3) is 0 Å². The first-order chi connectivity index (χ1) is 8.59. The first-order valence-corrected chi connectivity index (χ1v) is 7.69. The van der Waals surface area contributed by atoms with Crippen molar-refractivity contribution in [2.24, 2.45) is 17.6 Å². The number of hydrogen-bond acceptors (Lipinski definition) is 3. The summed E-state index contributed by atoms with van der Waals surface area (Å²) in [4.78, 5) is 5.06. The van der Waals surface area contributed by atoms with Crippen LogP contribution >= 0.6 is 0 Å². The van der Waals surface area contributed by atoms with Gasteiger partial charge in [0.05, 0.1) is 0 Å². The first-order valence-electron chi connectivity index (χ1n) is 7.69.